The molecule has 2 aliphatic rings. The van der Waals surface area contributed by atoms with Gasteiger partial charge in [0.15, 0.2) is 0 Å². The number of rotatable bonds is 6. The molecule has 2 saturated heterocycles. The van der Waals surface area contributed by atoms with Crippen molar-refractivity contribution in [2.75, 3.05) is 49.5 Å². The van der Waals surface area contributed by atoms with Crippen LogP contribution in [0.25, 0.3) is 0 Å². The summed E-state index contributed by atoms with van der Waals surface area (Å²) in [5.74, 6) is -0.802. The van der Waals surface area contributed by atoms with E-state index in [9.17, 15) is 18.0 Å². The summed E-state index contributed by atoms with van der Waals surface area (Å²) >= 11 is 18.4. The molecule has 0 radical (unpaired) electrons. The molecular formula is C29H29Cl3N4O4S. The minimum Gasteiger partial charge on any atom is -0.369 e. The lowest BCUT2D eigenvalue weighted by Crippen LogP contribution is -2.48. The molecular weight excluding hydrogens is 607 g/mol. The lowest BCUT2D eigenvalue weighted by atomic mass is 9.95. The molecule has 0 aromatic heterocycles. The second-order valence-electron chi connectivity index (χ2n) is 10.1. The maximum atomic E-state index is 13.5. The first-order chi connectivity index (χ1) is 19.6. The van der Waals surface area contributed by atoms with Gasteiger partial charge in [-0.3, -0.25) is 9.59 Å². The van der Waals surface area contributed by atoms with Gasteiger partial charge in [0.05, 0.1) is 25.5 Å². The van der Waals surface area contributed by atoms with E-state index >= 15 is 0 Å². The van der Waals surface area contributed by atoms with Crippen molar-refractivity contribution in [3.63, 3.8) is 0 Å². The van der Waals surface area contributed by atoms with Crippen molar-refractivity contribution in [3.8, 4) is 0 Å². The molecule has 0 saturated carbocycles. The fourth-order valence-electron chi connectivity index (χ4n) is 5.14. The first kappa shape index (κ1) is 29.7. The Hall–Kier alpha value is -2.82. The molecule has 8 nitrogen and oxygen atoms in total. The zero-order valence-corrected chi connectivity index (χ0v) is 25.2. The summed E-state index contributed by atoms with van der Waals surface area (Å²) in [5.41, 5.74) is 1.74. The van der Waals surface area contributed by atoms with Crippen LogP contribution in [0.5, 0.6) is 0 Å². The van der Waals surface area contributed by atoms with Gasteiger partial charge in [-0.2, -0.15) is 4.31 Å². The Morgan fingerprint density at radius 3 is 2.07 bits per heavy atom. The van der Waals surface area contributed by atoms with Gasteiger partial charge in [-0.05, 0) is 61.4 Å². The number of halogens is 3. The summed E-state index contributed by atoms with van der Waals surface area (Å²) < 4.78 is 28.4. The van der Waals surface area contributed by atoms with Crippen LogP contribution in [0.3, 0.4) is 0 Å². The third kappa shape index (κ3) is 6.65. The molecule has 0 bridgehead atoms. The smallest absolute Gasteiger partial charge is 0.255 e. The van der Waals surface area contributed by atoms with Crippen LogP contribution in [0.2, 0.25) is 15.1 Å². The number of nitrogens with one attached hydrogen (secondary N) is 1. The van der Waals surface area contributed by atoms with Crippen LogP contribution in [-0.2, 0) is 14.8 Å². The lowest BCUT2D eigenvalue weighted by Gasteiger charge is -2.35. The van der Waals surface area contributed by atoms with Crippen LogP contribution in [0, 0.1) is 5.92 Å². The summed E-state index contributed by atoms with van der Waals surface area (Å²) in [6, 6.07) is 19.0. The van der Waals surface area contributed by atoms with E-state index in [2.05, 4.69) is 10.2 Å². The van der Waals surface area contributed by atoms with Gasteiger partial charge in [0.25, 0.3) is 5.91 Å². The summed E-state index contributed by atoms with van der Waals surface area (Å²) in [5, 5.41) is 3.78. The van der Waals surface area contributed by atoms with Crippen LogP contribution in [-0.4, -0.2) is 68.7 Å². The van der Waals surface area contributed by atoms with Crippen molar-refractivity contribution >= 4 is 68.0 Å². The summed E-state index contributed by atoms with van der Waals surface area (Å²) in [7, 11) is -3.82. The number of anilines is 2. The van der Waals surface area contributed by atoms with Crippen LogP contribution in [0.15, 0.2) is 71.6 Å². The Bertz CT molecular complexity index is 1540. The summed E-state index contributed by atoms with van der Waals surface area (Å²) in [4.78, 5) is 30.0. The highest BCUT2D eigenvalue weighted by Crippen LogP contribution is 2.29. The minimum absolute atomic E-state index is 0.0364. The number of sulfonamides is 1. The number of carbonyl (C=O) groups excluding carboxylic acids is 2. The van der Waals surface area contributed by atoms with Crippen LogP contribution < -0.4 is 10.2 Å². The quantitative estimate of drug-likeness (QED) is 0.378. The average molecular weight is 636 g/mol. The van der Waals surface area contributed by atoms with Gasteiger partial charge in [-0.1, -0.05) is 53.0 Å². The standard InChI is InChI=1S/C29H29Cl3N4O4S/c30-25-9-7-23(41(39,40)36-16-14-34(15-17-36)22-4-2-1-3-5-22)19-24(25)29(38)35-12-10-20(11-13-35)28(37)33-21-6-8-26(31)27(32)18-21/h1-9,18-20H,10-17H2,(H,33,37). The first-order valence-corrected chi connectivity index (χ1v) is 15.9. The van der Waals surface area contributed by atoms with Gasteiger partial charge in [0, 0.05) is 56.6 Å². The molecule has 0 aliphatic carbocycles. The second kappa shape index (κ2) is 12.6. The molecule has 2 heterocycles. The van der Waals surface area contributed by atoms with Gasteiger partial charge in [0.2, 0.25) is 15.9 Å². The molecule has 2 aliphatic heterocycles. The van der Waals surface area contributed by atoms with E-state index in [4.69, 9.17) is 34.8 Å². The zero-order chi connectivity index (χ0) is 29.1. The number of amides is 2. The van der Waals surface area contributed by atoms with E-state index in [-0.39, 0.29) is 33.2 Å². The Kier molecular flexibility index (Phi) is 9.11. The van der Waals surface area contributed by atoms with E-state index < -0.39 is 10.0 Å². The van der Waals surface area contributed by atoms with Crippen LogP contribution >= 0.6 is 34.8 Å². The fraction of sp³-hybridized carbons (Fsp3) is 0.310. The number of carbonyl (C=O) groups is 2. The van der Waals surface area contributed by atoms with Crippen molar-refractivity contribution in [2.24, 2.45) is 5.92 Å². The number of hydrogen-bond acceptors (Lipinski definition) is 5. The number of likely N-dealkylation sites (tertiary alicyclic amines) is 1. The van der Waals surface area contributed by atoms with Crippen molar-refractivity contribution in [1.29, 1.82) is 0 Å². The SMILES string of the molecule is O=C(Nc1ccc(Cl)c(Cl)c1)C1CCN(C(=O)c2cc(S(=O)(=O)N3CCN(c4ccccc4)CC3)ccc2Cl)CC1. The van der Waals surface area contributed by atoms with E-state index in [1.54, 1.807) is 23.1 Å². The molecule has 0 spiro atoms. The van der Waals surface area contributed by atoms with Crippen molar-refractivity contribution < 1.29 is 18.0 Å². The average Bonchev–Trinajstić information content (AvgIpc) is 2.99. The number of para-hydroxylation sites is 1. The number of piperidine rings is 1. The normalized spacial score (nSPS) is 17.0. The van der Waals surface area contributed by atoms with Crippen molar-refractivity contribution in [3.05, 3.63) is 87.4 Å². The number of benzene rings is 3. The third-order valence-electron chi connectivity index (χ3n) is 7.51. The zero-order valence-electron chi connectivity index (χ0n) is 22.1. The highest BCUT2D eigenvalue weighted by atomic mass is 35.5. The monoisotopic (exact) mass is 634 g/mol. The summed E-state index contributed by atoms with van der Waals surface area (Å²) in [6.07, 6.45) is 0.917. The minimum atomic E-state index is -3.82. The van der Waals surface area contributed by atoms with Crippen LogP contribution in [0.4, 0.5) is 11.4 Å². The maximum absolute atomic E-state index is 13.5. The van der Waals surface area contributed by atoms with E-state index in [1.165, 1.54) is 22.5 Å². The van der Waals surface area contributed by atoms with Gasteiger partial charge in [0.1, 0.15) is 0 Å². The molecule has 41 heavy (non-hydrogen) atoms. The second-order valence-corrected chi connectivity index (χ2v) is 13.2. The van der Waals surface area contributed by atoms with Crippen molar-refractivity contribution in [2.45, 2.75) is 17.7 Å². The number of nitrogens with zero attached hydrogens (tertiary/aromatic N) is 3. The van der Waals surface area contributed by atoms with Crippen molar-refractivity contribution in [1.82, 2.24) is 9.21 Å². The number of piperazine rings is 1. The van der Waals surface area contributed by atoms with E-state index in [1.807, 2.05) is 30.3 Å². The summed E-state index contributed by atoms with van der Waals surface area (Å²) in [6.45, 7) is 2.48. The van der Waals surface area contributed by atoms with Gasteiger partial charge >= 0.3 is 0 Å². The molecule has 2 fully saturated rings. The maximum Gasteiger partial charge on any atom is 0.255 e. The van der Waals surface area contributed by atoms with Gasteiger partial charge in [-0.15, -0.1) is 0 Å². The largest absolute Gasteiger partial charge is 0.369 e. The predicted octanol–water partition coefficient (Wildman–Crippen LogP) is 5.65. The molecule has 216 valence electrons. The Balaban J connectivity index is 1.21. The number of hydrogen-bond donors (Lipinski definition) is 1. The van der Waals surface area contributed by atoms with Gasteiger partial charge in [-0.25, -0.2) is 8.42 Å². The lowest BCUT2D eigenvalue weighted by molar-refractivity contribution is -0.121. The molecule has 12 heteroatoms. The molecule has 1 N–H and O–H groups in total. The highest BCUT2D eigenvalue weighted by molar-refractivity contribution is 7.89. The Morgan fingerprint density at radius 2 is 1.41 bits per heavy atom. The van der Waals surface area contributed by atoms with Gasteiger partial charge < -0.3 is 15.1 Å². The highest BCUT2D eigenvalue weighted by Gasteiger charge is 2.32. The first-order valence-electron chi connectivity index (χ1n) is 13.3. The third-order valence-corrected chi connectivity index (χ3v) is 10.5. The molecule has 3 aromatic carbocycles. The van der Waals surface area contributed by atoms with Crippen LogP contribution in [0.1, 0.15) is 23.2 Å². The van der Waals surface area contributed by atoms with E-state index in [0.717, 1.165) is 5.69 Å². The molecule has 0 unspecified atom stereocenters. The topological polar surface area (TPSA) is 90.0 Å². The fourth-order valence-corrected chi connectivity index (χ4v) is 7.08. The predicted molar refractivity (Wildman–Crippen MR) is 163 cm³/mol. The molecule has 2 amide bonds. The molecule has 3 aromatic rings. The molecule has 5 rings (SSSR count). The Morgan fingerprint density at radius 1 is 0.756 bits per heavy atom. The van der Waals surface area contributed by atoms with E-state index in [0.29, 0.717) is 67.8 Å². The molecule has 0 atom stereocenters. The Labute approximate surface area is 254 Å².